The molecule has 2 N–H and O–H groups in total. The van der Waals surface area contributed by atoms with Gasteiger partial charge in [-0.1, -0.05) is 34.8 Å². The van der Waals surface area contributed by atoms with E-state index in [4.69, 9.17) is 39.9 Å². The zero-order chi connectivity index (χ0) is 15.6. The Morgan fingerprint density at radius 2 is 1.95 bits per heavy atom. The summed E-state index contributed by atoms with van der Waals surface area (Å²) in [4.78, 5) is 15.9. The minimum atomic E-state index is -0.829. The van der Waals surface area contributed by atoms with E-state index in [0.717, 1.165) is 10.6 Å². The van der Waals surface area contributed by atoms with Crippen LogP contribution in [0.1, 0.15) is 17.0 Å². The highest BCUT2D eigenvalue weighted by Crippen LogP contribution is 2.35. The maximum atomic E-state index is 10.6. The number of halogens is 3. The summed E-state index contributed by atoms with van der Waals surface area (Å²) in [6, 6.07) is 3.18. The molecule has 0 bridgehead atoms. The van der Waals surface area contributed by atoms with Gasteiger partial charge < -0.3 is 10.4 Å². The predicted octanol–water partition coefficient (Wildman–Crippen LogP) is 5.17. The Kier molecular flexibility index (Phi) is 5.32. The summed E-state index contributed by atoms with van der Waals surface area (Å²) in [6.07, 6.45) is 0.533. The average Bonchev–Trinajstić information content (AvgIpc) is 2.74. The lowest BCUT2D eigenvalue weighted by molar-refractivity contribution is -0.136. The van der Waals surface area contributed by atoms with Gasteiger partial charge in [0.15, 0.2) is 5.13 Å². The van der Waals surface area contributed by atoms with Crippen molar-refractivity contribution in [1.82, 2.24) is 4.98 Å². The van der Waals surface area contributed by atoms with Gasteiger partial charge >= 0.3 is 5.97 Å². The minimum Gasteiger partial charge on any atom is -0.481 e. The fourth-order valence-electron chi connectivity index (χ4n) is 1.67. The molecule has 0 aliphatic heterocycles. The molecule has 1 aromatic heterocycles. The van der Waals surface area contributed by atoms with Gasteiger partial charge in [0.25, 0.3) is 0 Å². The molecule has 0 saturated carbocycles. The molecule has 0 radical (unpaired) electrons. The van der Waals surface area contributed by atoms with Crippen molar-refractivity contribution in [2.24, 2.45) is 0 Å². The molecule has 21 heavy (non-hydrogen) atoms. The van der Waals surface area contributed by atoms with Gasteiger partial charge in [0.2, 0.25) is 0 Å². The van der Waals surface area contributed by atoms with Crippen LogP contribution in [0.25, 0.3) is 0 Å². The summed E-state index contributed by atoms with van der Waals surface area (Å²) in [7, 11) is 0. The second-order valence-electron chi connectivity index (χ2n) is 4.29. The molecule has 0 aliphatic carbocycles. The third-order valence-electron chi connectivity index (χ3n) is 2.71. The Morgan fingerprint density at radius 1 is 1.29 bits per heavy atom. The number of rotatable bonds is 5. The van der Waals surface area contributed by atoms with Crippen LogP contribution in [-0.4, -0.2) is 16.1 Å². The van der Waals surface area contributed by atoms with E-state index in [1.165, 1.54) is 11.3 Å². The average molecular weight is 366 g/mol. The van der Waals surface area contributed by atoms with E-state index >= 15 is 0 Å². The van der Waals surface area contributed by atoms with Gasteiger partial charge in [-0.25, -0.2) is 4.98 Å². The maximum Gasteiger partial charge on any atom is 0.303 e. The number of carboxylic acid groups (broad SMARTS) is 1. The largest absolute Gasteiger partial charge is 0.481 e. The van der Waals surface area contributed by atoms with Crippen molar-refractivity contribution in [3.8, 4) is 0 Å². The summed E-state index contributed by atoms with van der Waals surface area (Å²) < 4.78 is 0. The lowest BCUT2D eigenvalue weighted by Gasteiger charge is -2.06. The Bertz CT molecular complexity index is 688. The van der Waals surface area contributed by atoms with Crippen LogP contribution in [0.15, 0.2) is 12.1 Å². The summed E-state index contributed by atoms with van der Waals surface area (Å²) in [5, 5.41) is 13.6. The number of nitrogens with one attached hydrogen (secondary N) is 1. The van der Waals surface area contributed by atoms with Gasteiger partial charge in [-0.3, -0.25) is 4.79 Å². The van der Waals surface area contributed by atoms with Crippen molar-refractivity contribution < 1.29 is 9.90 Å². The van der Waals surface area contributed by atoms with Gasteiger partial charge in [0.1, 0.15) is 0 Å². The van der Waals surface area contributed by atoms with E-state index < -0.39 is 5.97 Å². The topological polar surface area (TPSA) is 62.2 Å². The molecule has 0 fully saturated rings. The highest BCUT2D eigenvalue weighted by Gasteiger charge is 2.12. The molecule has 2 rings (SSSR count). The van der Waals surface area contributed by atoms with E-state index in [1.807, 2.05) is 6.92 Å². The van der Waals surface area contributed by atoms with Crippen LogP contribution in [0, 0.1) is 6.92 Å². The van der Waals surface area contributed by atoms with E-state index in [2.05, 4.69) is 10.3 Å². The molecule has 0 unspecified atom stereocenters. The van der Waals surface area contributed by atoms with Crippen LogP contribution in [0.5, 0.6) is 0 Å². The molecule has 112 valence electrons. The molecule has 1 heterocycles. The van der Waals surface area contributed by atoms with Crippen molar-refractivity contribution in [3.05, 3.63) is 37.8 Å². The zero-order valence-electron chi connectivity index (χ0n) is 10.9. The number of aryl methyl sites for hydroxylation is 2. The second kappa shape index (κ2) is 6.83. The molecule has 1 aromatic carbocycles. The van der Waals surface area contributed by atoms with Crippen LogP contribution in [-0.2, 0) is 11.2 Å². The van der Waals surface area contributed by atoms with E-state index in [-0.39, 0.29) is 6.42 Å². The molecule has 0 aliphatic rings. The number of hydrogen-bond donors (Lipinski definition) is 2. The fourth-order valence-corrected chi connectivity index (χ4v) is 3.24. The molecular formula is C13H11Cl3N2O2S. The van der Waals surface area contributed by atoms with Crippen molar-refractivity contribution in [2.45, 2.75) is 19.8 Å². The lowest BCUT2D eigenvalue weighted by Crippen LogP contribution is -1.96. The van der Waals surface area contributed by atoms with Crippen molar-refractivity contribution in [2.75, 3.05) is 5.32 Å². The molecule has 4 nitrogen and oxygen atoms in total. The normalized spacial score (nSPS) is 10.7. The first-order valence-electron chi connectivity index (χ1n) is 5.96. The standard InChI is InChI=1S/C13H11Cl3N2O2S/c1-6-11(2-3-12(19)20)21-13(17-6)18-10-5-8(15)7(14)4-9(10)16/h4-5H,2-3H2,1H3,(H,17,18)(H,19,20). The lowest BCUT2D eigenvalue weighted by atomic mass is 10.2. The van der Waals surface area contributed by atoms with Gasteiger partial charge in [-0.2, -0.15) is 0 Å². The number of benzene rings is 1. The second-order valence-corrected chi connectivity index (χ2v) is 6.60. The minimum absolute atomic E-state index is 0.0794. The zero-order valence-corrected chi connectivity index (χ0v) is 14.0. The molecule has 0 saturated heterocycles. The maximum absolute atomic E-state index is 10.6. The Balaban J connectivity index is 2.19. The van der Waals surface area contributed by atoms with E-state index in [0.29, 0.717) is 32.3 Å². The summed E-state index contributed by atoms with van der Waals surface area (Å²) >= 11 is 19.3. The monoisotopic (exact) mass is 364 g/mol. The number of aliphatic carboxylic acids is 1. The number of anilines is 2. The van der Waals surface area contributed by atoms with Gasteiger partial charge in [0.05, 0.1) is 32.9 Å². The van der Waals surface area contributed by atoms with Crippen LogP contribution in [0.4, 0.5) is 10.8 Å². The van der Waals surface area contributed by atoms with E-state index in [9.17, 15) is 4.79 Å². The predicted molar refractivity (Wildman–Crippen MR) is 87.6 cm³/mol. The quantitative estimate of drug-likeness (QED) is 0.717. The Labute approximate surface area is 140 Å². The van der Waals surface area contributed by atoms with Gasteiger partial charge in [-0.05, 0) is 25.5 Å². The van der Waals surface area contributed by atoms with Crippen LogP contribution in [0.3, 0.4) is 0 Å². The molecule has 0 atom stereocenters. The smallest absolute Gasteiger partial charge is 0.303 e. The number of hydrogen-bond acceptors (Lipinski definition) is 4. The Morgan fingerprint density at radius 3 is 2.62 bits per heavy atom. The number of thiazole rings is 1. The third kappa shape index (κ3) is 4.23. The van der Waals surface area contributed by atoms with Crippen molar-refractivity contribution >= 4 is 62.9 Å². The summed E-state index contributed by atoms with van der Waals surface area (Å²) in [5.41, 5.74) is 1.41. The molecule has 0 amide bonds. The fraction of sp³-hybridized carbons (Fsp3) is 0.231. The van der Waals surface area contributed by atoms with Gasteiger partial charge in [0, 0.05) is 4.88 Å². The number of carbonyl (C=O) groups is 1. The molecule has 8 heteroatoms. The number of nitrogens with zero attached hydrogens (tertiary/aromatic N) is 1. The third-order valence-corrected chi connectivity index (χ3v) is 4.88. The van der Waals surface area contributed by atoms with Gasteiger partial charge in [-0.15, -0.1) is 11.3 Å². The number of carboxylic acids is 1. The first-order valence-corrected chi connectivity index (χ1v) is 7.91. The SMILES string of the molecule is Cc1nc(Nc2cc(Cl)c(Cl)cc2Cl)sc1CCC(=O)O. The highest BCUT2D eigenvalue weighted by molar-refractivity contribution is 7.15. The van der Waals surface area contributed by atoms with Crippen molar-refractivity contribution in [1.29, 1.82) is 0 Å². The van der Waals surface area contributed by atoms with Crippen LogP contribution >= 0.6 is 46.1 Å². The summed E-state index contributed by atoms with van der Waals surface area (Å²) in [5.74, 6) is -0.829. The van der Waals surface area contributed by atoms with Crippen LogP contribution in [0.2, 0.25) is 15.1 Å². The number of aromatic nitrogens is 1. The molecule has 2 aromatic rings. The highest BCUT2D eigenvalue weighted by atomic mass is 35.5. The van der Waals surface area contributed by atoms with Crippen molar-refractivity contribution in [3.63, 3.8) is 0 Å². The summed E-state index contributed by atoms with van der Waals surface area (Å²) in [6.45, 7) is 1.84. The van der Waals surface area contributed by atoms with E-state index in [1.54, 1.807) is 12.1 Å². The van der Waals surface area contributed by atoms with Crippen LogP contribution < -0.4 is 5.32 Å². The first-order chi connectivity index (χ1) is 9.86. The Hall–Kier alpha value is -1.01. The molecular weight excluding hydrogens is 355 g/mol. The first kappa shape index (κ1) is 16.4. The molecule has 0 spiro atoms.